The topological polar surface area (TPSA) is 77.2 Å². The van der Waals surface area contributed by atoms with Crippen molar-refractivity contribution >= 4 is 40.1 Å². The van der Waals surface area contributed by atoms with Crippen molar-refractivity contribution < 1.29 is 13.9 Å². The quantitative estimate of drug-likeness (QED) is 0.689. The summed E-state index contributed by atoms with van der Waals surface area (Å²) in [5.41, 5.74) is 2.35. The molecule has 1 amide bonds. The predicted octanol–water partition coefficient (Wildman–Crippen LogP) is 3.01. The van der Waals surface area contributed by atoms with E-state index in [-0.39, 0.29) is 12.5 Å². The molecule has 0 unspecified atom stereocenters. The number of methoxy groups -OCH3 is 1. The van der Waals surface area contributed by atoms with Gasteiger partial charge in [0.05, 0.1) is 19.4 Å². The lowest BCUT2D eigenvalue weighted by atomic mass is 10.3. The third-order valence-corrected chi connectivity index (χ3v) is 5.14. The minimum Gasteiger partial charge on any atom is -0.497 e. The Labute approximate surface area is 141 Å². The molecule has 8 heteroatoms. The summed E-state index contributed by atoms with van der Waals surface area (Å²) in [4.78, 5) is 20.5. The molecule has 0 aliphatic carbocycles. The van der Waals surface area contributed by atoms with Gasteiger partial charge in [0.25, 0.3) is 0 Å². The molecule has 0 radical (unpaired) electrons. The molecule has 0 bridgehead atoms. The average molecular weight is 349 g/mol. The van der Waals surface area contributed by atoms with E-state index in [1.807, 2.05) is 18.4 Å². The van der Waals surface area contributed by atoms with Gasteiger partial charge in [-0.15, -0.1) is 11.3 Å². The van der Waals surface area contributed by atoms with Crippen LogP contribution in [0.4, 0.5) is 0 Å². The summed E-state index contributed by atoms with van der Waals surface area (Å²) in [6.45, 7) is 2.19. The van der Waals surface area contributed by atoms with E-state index in [1.165, 1.54) is 11.8 Å². The van der Waals surface area contributed by atoms with Crippen LogP contribution in [0.2, 0.25) is 0 Å². The third-order valence-electron chi connectivity index (χ3n) is 3.00. The molecule has 0 fully saturated rings. The number of thiazole rings is 1. The van der Waals surface area contributed by atoms with Crippen molar-refractivity contribution in [3.63, 3.8) is 0 Å². The number of hydrogen-bond acceptors (Lipinski definition) is 7. The van der Waals surface area contributed by atoms with Crippen molar-refractivity contribution in [1.29, 1.82) is 0 Å². The molecule has 0 saturated heterocycles. The highest BCUT2D eigenvalue weighted by atomic mass is 32.2. The minimum atomic E-state index is -0.0808. The molecule has 0 aliphatic heterocycles. The van der Waals surface area contributed by atoms with Gasteiger partial charge in [0.1, 0.15) is 11.3 Å². The van der Waals surface area contributed by atoms with Crippen LogP contribution >= 0.6 is 23.1 Å². The fourth-order valence-corrected chi connectivity index (χ4v) is 3.59. The second-order valence-corrected chi connectivity index (χ2v) is 6.84. The van der Waals surface area contributed by atoms with Crippen molar-refractivity contribution in [2.75, 3.05) is 12.9 Å². The molecule has 0 aliphatic rings. The summed E-state index contributed by atoms with van der Waals surface area (Å²) in [5.74, 6) is 1.43. The zero-order valence-electron chi connectivity index (χ0n) is 12.7. The van der Waals surface area contributed by atoms with Crippen LogP contribution in [0.25, 0.3) is 11.1 Å². The van der Waals surface area contributed by atoms with E-state index in [4.69, 9.17) is 9.15 Å². The van der Waals surface area contributed by atoms with E-state index in [0.717, 1.165) is 15.8 Å². The summed E-state index contributed by atoms with van der Waals surface area (Å²) in [6.07, 6.45) is 0. The number of carbonyl (C=O) groups excluding carboxylic acids is 1. The Morgan fingerprint density at radius 2 is 2.30 bits per heavy atom. The zero-order valence-corrected chi connectivity index (χ0v) is 14.3. The van der Waals surface area contributed by atoms with Crippen molar-refractivity contribution in [1.82, 2.24) is 15.3 Å². The number of fused-ring (bicyclic) bond motifs is 1. The van der Waals surface area contributed by atoms with E-state index in [9.17, 15) is 4.79 Å². The Hall–Kier alpha value is -2.06. The van der Waals surface area contributed by atoms with Gasteiger partial charge in [0.15, 0.2) is 9.92 Å². The smallest absolute Gasteiger partial charge is 0.230 e. The number of aromatic nitrogens is 2. The molecule has 3 rings (SSSR count). The molecule has 23 heavy (non-hydrogen) atoms. The van der Waals surface area contributed by atoms with Crippen LogP contribution in [-0.2, 0) is 11.3 Å². The number of aryl methyl sites for hydroxylation is 1. The van der Waals surface area contributed by atoms with Gasteiger partial charge in [-0.05, 0) is 19.1 Å². The van der Waals surface area contributed by atoms with Crippen LogP contribution in [0.5, 0.6) is 5.75 Å². The van der Waals surface area contributed by atoms with Crippen LogP contribution in [0.3, 0.4) is 0 Å². The number of nitrogens with zero attached hydrogens (tertiary/aromatic N) is 2. The number of rotatable bonds is 6. The van der Waals surface area contributed by atoms with E-state index < -0.39 is 0 Å². The lowest BCUT2D eigenvalue weighted by Crippen LogP contribution is -2.24. The predicted molar refractivity (Wildman–Crippen MR) is 90.0 cm³/mol. The van der Waals surface area contributed by atoms with Crippen molar-refractivity contribution in [2.45, 2.75) is 17.8 Å². The van der Waals surface area contributed by atoms with Gasteiger partial charge in [0, 0.05) is 17.1 Å². The number of oxazole rings is 1. The highest BCUT2D eigenvalue weighted by Gasteiger charge is 2.09. The van der Waals surface area contributed by atoms with Gasteiger partial charge in [-0.3, -0.25) is 4.79 Å². The molecule has 1 aromatic carbocycles. The molecule has 0 spiro atoms. The first-order chi connectivity index (χ1) is 11.1. The highest BCUT2D eigenvalue weighted by Crippen LogP contribution is 2.22. The Balaban J connectivity index is 1.54. The van der Waals surface area contributed by atoms with E-state index >= 15 is 0 Å². The van der Waals surface area contributed by atoms with Gasteiger partial charge in [-0.1, -0.05) is 11.8 Å². The third kappa shape index (κ3) is 4.02. The van der Waals surface area contributed by atoms with Gasteiger partial charge in [0.2, 0.25) is 11.8 Å². The van der Waals surface area contributed by atoms with Crippen LogP contribution in [0.15, 0.2) is 32.3 Å². The molecular weight excluding hydrogens is 334 g/mol. The van der Waals surface area contributed by atoms with E-state index in [1.54, 1.807) is 30.6 Å². The first-order valence-corrected chi connectivity index (χ1v) is 8.75. The maximum absolute atomic E-state index is 11.9. The standard InChI is InChI=1S/C15H15N3O3S2/c1-9-7-22-15(17-9)23-8-13(19)16-6-14-18-11-5-10(20-2)3-4-12(11)21-14/h3-5,7H,6,8H2,1-2H3,(H,16,19). The Morgan fingerprint density at radius 3 is 3.04 bits per heavy atom. The molecule has 6 nitrogen and oxygen atoms in total. The van der Waals surface area contributed by atoms with Crippen molar-refractivity contribution in [2.24, 2.45) is 0 Å². The number of hydrogen-bond donors (Lipinski definition) is 1. The highest BCUT2D eigenvalue weighted by molar-refractivity contribution is 8.01. The maximum atomic E-state index is 11.9. The number of benzene rings is 1. The number of amides is 1. The monoisotopic (exact) mass is 349 g/mol. The fourth-order valence-electron chi connectivity index (χ4n) is 1.91. The lowest BCUT2D eigenvalue weighted by molar-refractivity contribution is -0.118. The van der Waals surface area contributed by atoms with Gasteiger partial charge < -0.3 is 14.5 Å². The summed E-state index contributed by atoms with van der Waals surface area (Å²) in [6, 6.07) is 5.40. The van der Waals surface area contributed by atoms with Gasteiger partial charge >= 0.3 is 0 Å². The molecular formula is C15H15N3O3S2. The summed E-state index contributed by atoms with van der Waals surface area (Å²) in [7, 11) is 1.60. The number of ether oxygens (including phenoxy) is 1. The van der Waals surface area contributed by atoms with Gasteiger partial charge in [-0.25, -0.2) is 9.97 Å². The summed E-state index contributed by atoms with van der Waals surface area (Å²) >= 11 is 2.96. The second-order valence-electron chi connectivity index (χ2n) is 4.76. The molecule has 1 N–H and O–H groups in total. The lowest BCUT2D eigenvalue weighted by Gasteiger charge is -2.00. The maximum Gasteiger partial charge on any atom is 0.230 e. The van der Waals surface area contributed by atoms with Crippen LogP contribution < -0.4 is 10.1 Å². The fraction of sp³-hybridized carbons (Fsp3) is 0.267. The van der Waals surface area contributed by atoms with Crippen molar-refractivity contribution in [3.05, 3.63) is 35.2 Å². The van der Waals surface area contributed by atoms with Crippen molar-refractivity contribution in [3.8, 4) is 5.75 Å². The number of thioether (sulfide) groups is 1. The molecule has 0 atom stereocenters. The van der Waals surface area contributed by atoms with Crippen LogP contribution in [0, 0.1) is 6.92 Å². The molecule has 2 aromatic heterocycles. The Kier molecular flexibility index (Phi) is 4.82. The molecule has 120 valence electrons. The van der Waals surface area contributed by atoms with E-state index in [0.29, 0.717) is 22.7 Å². The second kappa shape index (κ2) is 7.01. The summed E-state index contributed by atoms with van der Waals surface area (Å²) < 4.78 is 11.6. The Morgan fingerprint density at radius 1 is 1.43 bits per heavy atom. The SMILES string of the molecule is COc1ccc2oc(CNC(=O)CSc3nc(C)cs3)nc2c1. The largest absolute Gasteiger partial charge is 0.497 e. The molecule has 3 aromatic rings. The molecule has 0 saturated carbocycles. The minimum absolute atomic E-state index is 0.0808. The zero-order chi connectivity index (χ0) is 16.2. The van der Waals surface area contributed by atoms with Crippen LogP contribution in [0.1, 0.15) is 11.6 Å². The number of nitrogens with one attached hydrogen (secondary N) is 1. The first kappa shape index (κ1) is 15.8. The first-order valence-electron chi connectivity index (χ1n) is 6.89. The van der Waals surface area contributed by atoms with Crippen LogP contribution in [-0.4, -0.2) is 28.7 Å². The Bertz CT molecular complexity index is 828. The summed E-state index contributed by atoms with van der Waals surface area (Å²) in [5, 5.41) is 4.76. The van der Waals surface area contributed by atoms with Gasteiger partial charge in [-0.2, -0.15) is 0 Å². The van der Waals surface area contributed by atoms with E-state index in [2.05, 4.69) is 15.3 Å². The average Bonchev–Trinajstić information content (AvgIpc) is 3.15. The normalized spacial score (nSPS) is 10.9. The number of carbonyl (C=O) groups is 1. The molecule has 2 heterocycles.